The van der Waals surface area contributed by atoms with Gasteiger partial charge in [0, 0.05) is 31.7 Å². The Morgan fingerprint density at radius 3 is 1.88 bits per heavy atom. The van der Waals surface area contributed by atoms with Gasteiger partial charge in [-0.2, -0.15) is 0 Å². The molecule has 3 heterocycles. The maximum absolute atomic E-state index is 12.9. The van der Waals surface area contributed by atoms with Gasteiger partial charge in [-0.1, -0.05) is 12.8 Å². The Hall–Kier alpha value is -3.42. The van der Waals surface area contributed by atoms with Gasteiger partial charge in [-0.15, -0.1) is 0 Å². The van der Waals surface area contributed by atoms with Crippen LogP contribution in [0.1, 0.15) is 46.6 Å². The van der Waals surface area contributed by atoms with E-state index in [0.29, 0.717) is 43.2 Å². The fourth-order valence-corrected chi connectivity index (χ4v) is 5.02. The van der Waals surface area contributed by atoms with E-state index in [1.54, 1.807) is 46.2 Å². The van der Waals surface area contributed by atoms with E-state index in [4.69, 9.17) is 4.42 Å². The smallest absolute Gasteiger partial charge is 0.289 e. The fourth-order valence-electron chi connectivity index (χ4n) is 5.02. The second-order valence-corrected chi connectivity index (χ2v) is 8.62. The zero-order valence-corrected chi connectivity index (χ0v) is 17.7. The molecule has 1 saturated carbocycles. The standard InChI is InChI=1S/C24H25N3O5/c28-21(25-11-13-26(14-12-25)24(31)20-6-3-15-32-20)16-7-9-17(10-8-16)27-22(29)18-4-1-2-5-19(18)23(27)30/h3,6-10,15,18-19H,1-2,4-5,11-14H2/t18-,19+. The highest BCUT2D eigenvalue weighted by Crippen LogP contribution is 2.40. The third-order valence-corrected chi connectivity index (χ3v) is 6.80. The Balaban J connectivity index is 1.23. The normalized spacial score (nSPS) is 23.4. The molecular weight excluding hydrogens is 410 g/mol. The number of carbonyl (C=O) groups excluding carboxylic acids is 4. The van der Waals surface area contributed by atoms with Gasteiger partial charge >= 0.3 is 0 Å². The van der Waals surface area contributed by atoms with E-state index in [9.17, 15) is 19.2 Å². The number of amides is 4. The third kappa shape index (κ3) is 3.49. The highest BCUT2D eigenvalue weighted by molar-refractivity contribution is 6.22. The Labute approximate surface area is 185 Å². The quantitative estimate of drug-likeness (QED) is 0.691. The van der Waals surface area contributed by atoms with Crippen molar-refractivity contribution in [3.8, 4) is 0 Å². The predicted molar refractivity (Wildman–Crippen MR) is 115 cm³/mol. The molecule has 2 atom stereocenters. The minimum absolute atomic E-state index is 0.115. The molecule has 0 unspecified atom stereocenters. The number of hydrogen-bond donors (Lipinski definition) is 0. The number of imide groups is 1. The molecule has 3 fully saturated rings. The van der Waals surface area contributed by atoms with E-state index in [-0.39, 0.29) is 35.5 Å². The monoisotopic (exact) mass is 435 g/mol. The first-order valence-electron chi connectivity index (χ1n) is 11.1. The number of rotatable bonds is 3. The molecule has 2 saturated heterocycles. The Morgan fingerprint density at radius 2 is 1.34 bits per heavy atom. The summed E-state index contributed by atoms with van der Waals surface area (Å²) in [6, 6.07) is 10.00. The molecule has 1 aromatic carbocycles. The van der Waals surface area contributed by atoms with Gasteiger partial charge in [0.05, 0.1) is 23.8 Å². The second-order valence-electron chi connectivity index (χ2n) is 8.62. The van der Waals surface area contributed by atoms with Crippen molar-refractivity contribution in [1.29, 1.82) is 0 Å². The minimum atomic E-state index is -0.197. The fraction of sp³-hybridized carbons (Fsp3) is 0.417. The average Bonchev–Trinajstić information content (AvgIpc) is 3.46. The molecule has 3 aliphatic rings. The number of fused-ring (bicyclic) bond motifs is 1. The van der Waals surface area contributed by atoms with Crippen molar-refractivity contribution < 1.29 is 23.6 Å². The molecule has 5 rings (SSSR count). The van der Waals surface area contributed by atoms with Crippen molar-refractivity contribution in [2.45, 2.75) is 25.7 Å². The lowest BCUT2D eigenvalue weighted by molar-refractivity contribution is -0.122. The minimum Gasteiger partial charge on any atom is -0.459 e. The maximum atomic E-state index is 12.9. The van der Waals surface area contributed by atoms with E-state index in [0.717, 1.165) is 25.7 Å². The summed E-state index contributed by atoms with van der Waals surface area (Å²) in [6.45, 7) is 1.73. The number of anilines is 1. The van der Waals surface area contributed by atoms with Crippen LogP contribution in [0.15, 0.2) is 47.1 Å². The van der Waals surface area contributed by atoms with Crippen molar-refractivity contribution in [2.24, 2.45) is 11.8 Å². The zero-order valence-electron chi connectivity index (χ0n) is 17.7. The van der Waals surface area contributed by atoms with Crippen molar-refractivity contribution in [1.82, 2.24) is 9.80 Å². The summed E-state index contributed by atoms with van der Waals surface area (Å²) in [4.78, 5) is 55.6. The number of hydrogen-bond acceptors (Lipinski definition) is 5. The van der Waals surface area contributed by atoms with Crippen molar-refractivity contribution in [2.75, 3.05) is 31.1 Å². The number of piperazine rings is 1. The molecule has 0 bridgehead atoms. The summed E-state index contributed by atoms with van der Waals surface area (Å²) < 4.78 is 5.17. The van der Waals surface area contributed by atoms with Crippen LogP contribution in [0.4, 0.5) is 5.69 Å². The molecule has 0 radical (unpaired) electrons. The second kappa shape index (κ2) is 8.26. The molecule has 0 N–H and O–H groups in total. The van der Waals surface area contributed by atoms with E-state index in [1.807, 2.05) is 0 Å². The van der Waals surface area contributed by atoms with Crippen molar-refractivity contribution >= 4 is 29.3 Å². The summed E-state index contributed by atoms with van der Waals surface area (Å²) in [5, 5.41) is 0. The Morgan fingerprint density at radius 1 is 0.781 bits per heavy atom. The molecule has 4 amide bonds. The number of furan rings is 1. The van der Waals surface area contributed by atoms with Gasteiger partial charge in [-0.3, -0.25) is 24.1 Å². The van der Waals surface area contributed by atoms with Gasteiger partial charge in [0.25, 0.3) is 11.8 Å². The van der Waals surface area contributed by atoms with Crippen LogP contribution in [0.3, 0.4) is 0 Å². The molecular formula is C24H25N3O5. The number of nitrogens with zero attached hydrogens (tertiary/aromatic N) is 3. The van der Waals surface area contributed by atoms with Gasteiger partial charge in [0.2, 0.25) is 11.8 Å². The number of carbonyl (C=O) groups is 4. The van der Waals surface area contributed by atoms with Crippen LogP contribution in [0.2, 0.25) is 0 Å². The Kier molecular flexibility index (Phi) is 5.28. The molecule has 8 heteroatoms. The molecule has 1 aromatic heterocycles. The van der Waals surface area contributed by atoms with E-state index in [2.05, 4.69) is 0 Å². The highest BCUT2D eigenvalue weighted by atomic mass is 16.3. The molecule has 2 aliphatic heterocycles. The summed E-state index contributed by atoms with van der Waals surface area (Å²) in [6.07, 6.45) is 4.99. The predicted octanol–water partition coefficient (Wildman–Crippen LogP) is 2.56. The molecule has 166 valence electrons. The van der Waals surface area contributed by atoms with Crippen molar-refractivity contribution in [3.63, 3.8) is 0 Å². The summed E-state index contributed by atoms with van der Waals surface area (Å²) in [5.41, 5.74) is 1.02. The first-order chi connectivity index (χ1) is 15.5. The van der Waals surface area contributed by atoms with Crippen LogP contribution >= 0.6 is 0 Å². The average molecular weight is 435 g/mol. The van der Waals surface area contributed by atoms with Crippen LogP contribution in [-0.2, 0) is 9.59 Å². The lowest BCUT2D eigenvalue weighted by Crippen LogP contribution is -2.50. The van der Waals surface area contributed by atoms with Crippen LogP contribution < -0.4 is 4.90 Å². The van der Waals surface area contributed by atoms with Crippen LogP contribution in [0.25, 0.3) is 0 Å². The first-order valence-corrected chi connectivity index (χ1v) is 11.1. The van der Waals surface area contributed by atoms with E-state index in [1.165, 1.54) is 11.2 Å². The highest BCUT2D eigenvalue weighted by Gasteiger charge is 2.48. The molecule has 0 spiro atoms. The van der Waals surface area contributed by atoms with Crippen LogP contribution in [0, 0.1) is 11.8 Å². The first kappa shape index (κ1) is 20.5. The lowest BCUT2D eigenvalue weighted by Gasteiger charge is -2.34. The third-order valence-electron chi connectivity index (χ3n) is 6.80. The maximum Gasteiger partial charge on any atom is 0.289 e. The van der Waals surface area contributed by atoms with Gasteiger partial charge in [-0.05, 0) is 49.2 Å². The zero-order chi connectivity index (χ0) is 22.2. The molecule has 8 nitrogen and oxygen atoms in total. The van der Waals surface area contributed by atoms with Crippen LogP contribution in [-0.4, -0.2) is 59.6 Å². The summed E-state index contributed by atoms with van der Waals surface area (Å²) >= 11 is 0. The molecule has 32 heavy (non-hydrogen) atoms. The summed E-state index contributed by atoms with van der Waals surface area (Å²) in [7, 11) is 0. The van der Waals surface area contributed by atoms with Gasteiger partial charge < -0.3 is 14.2 Å². The van der Waals surface area contributed by atoms with Gasteiger partial charge in [0.15, 0.2) is 5.76 Å². The molecule has 1 aliphatic carbocycles. The SMILES string of the molecule is O=C(c1ccc(N2C(=O)[C@H]3CCCC[C@H]3C2=O)cc1)N1CCN(C(=O)c2ccco2)CC1. The Bertz CT molecular complexity index is 1010. The molecule has 2 aromatic rings. The lowest BCUT2D eigenvalue weighted by atomic mass is 9.81. The van der Waals surface area contributed by atoms with Crippen LogP contribution in [0.5, 0.6) is 0 Å². The number of benzene rings is 1. The van der Waals surface area contributed by atoms with Gasteiger partial charge in [-0.25, -0.2) is 0 Å². The largest absolute Gasteiger partial charge is 0.459 e. The van der Waals surface area contributed by atoms with Crippen molar-refractivity contribution in [3.05, 3.63) is 54.0 Å². The van der Waals surface area contributed by atoms with Gasteiger partial charge in [0.1, 0.15) is 0 Å². The van der Waals surface area contributed by atoms with E-state index < -0.39 is 0 Å². The topological polar surface area (TPSA) is 91.1 Å². The van der Waals surface area contributed by atoms with E-state index >= 15 is 0 Å². The summed E-state index contributed by atoms with van der Waals surface area (Å²) in [5.74, 6) is -0.629.